The topological polar surface area (TPSA) is 59.5 Å². The van der Waals surface area contributed by atoms with Crippen LogP contribution in [0.25, 0.3) is 0 Å². The Morgan fingerprint density at radius 3 is 2.74 bits per heavy atom. The lowest BCUT2D eigenvalue weighted by atomic mass is 9.84. The summed E-state index contributed by atoms with van der Waals surface area (Å²) in [5.74, 6) is 0.0746. The number of ether oxygens (including phenoxy) is 1. The van der Waals surface area contributed by atoms with Crippen molar-refractivity contribution in [2.24, 2.45) is 5.92 Å². The van der Waals surface area contributed by atoms with Crippen LogP contribution in [0.5, 0.6) is 0 Å². The van der Waals surface area contributed by atoms with E-state index in [0.29, 0.717) is 18.0 Å². The van der Waals surface area contributed by atoms with E-state index in [9.17, 15) is 9.59 Å². The summed E-state index contributed by atoms with van der Waals surface area (Å²) >= 11 is 3.35. The van der Waals surface area contributed by atoms with Gasteiger partial charge >= 0.3 is 5.97 Å². The van der Waals surface area contributed by atoms with E-state index < -0.39 is 0 Å². The number of carbonyl (C=O) groups excluding carboxylic acids is 2. The molecule has 0 bridgehead atoms. The van der Waals surface area contributed by atoms with Gasteiger partial charge in [-0.15, -0.1) is 0 Å². The van der Waals surface area contributed by atoms with Crippen molar-refractivity contribution in [3.63, 3.8) is 0 Å². The van der Waals surface area contributed by atoms with E-state index in [4.69, 9.17) is 4.74 Å². The molecule has 1 saturated carbocycles. The molecule has 23 heavy (non-hydrogen) atoms. The van der Waals surface area contributed by atoms with Crippen LogP contribution >= 0.6 is 15.9 Å². The minimum Gasteiger partial charge on any atom is -0.469 e. The van der Waals surface area contributed by atoms with Gasteiger partial charge < -0.3 is 9.64 Å². The van der Waals surface area contributed by atoms with Crippen LogP contribution in [-0.4, -0.2) is 41.5 Å². The van der Waals surface area contributed by atoms with Gasteiger partial charge in [-0.3, -0.25) is 14.6 Å². The highest BCUT2D eigenvalue weighted by Crippen LogP contribution is 2.29. The maximum absolute atomic E-state index is 13.0. The molecular formula is C17H23BrN2O3. The molecule has 0 N–H and O–H groups in total. The van der Waals surface area contributed by atoms with Gasteiger partial charge in [0.05, 0.1) is 19.1 Å². The average molecular weight is 383 g/mol. The molecule has 6 heteroatoms. The Balaban J connectivity index is 2.20. The average Bonchev–Trinajstić information content (AvgIpc) is 2.56. The van der Waals surface area contributed by atoms with E-state index in [1.807, 2.05) is 4.90 Å². The van der Waals surface area contributed by atoms with Gasteiger partial charge in [0, 0.05) is 29.5 Å². The predicted octanol–water partition coefficient (Wildman–Crippen LogP) is 3.43. The zero-order chi connectivity index (χ0) is 16.8. The maximum atomic E-state index is 13.0. The molecule has 1 heterocycles. The summed E-state index contributed by atoms with van der Waals surface area (Å²) in [6, 6.07) is 1.94. The summed E-state index contributed by atoms with van der Waals surface area (Å²) in [5.41, 5.74) is 0.544. The highest BCUT2D eigenvalue weighted by Gasteiger charge is 2.31. The van der Waals surface area contributed by atoms with Crippen LogP contribution in [0.1, 0.15) is 49.4 Å². The molecule has 2 rings (SSSR count). The second kappa shape index (κ2) is 8.43. The number of methoxy groups -OCH3 is 1. The fourth-order valence-electron chi connectivity index (χ4n) is 3.19. The summed E-state index contributed by atoms with van der Waals surface area (Å²) in [5, 5.41) is 0. The van der Waals surface area contributed by atoms with Crippen molar-refractivity contribution >= 4 is 27.8 Å². The molecule has 1 amide bonds. The van der Waals surface area contributed by atoms with Crippen molar-refractivity contribution in [2.75, 3.05) is 13.7 Å². The number of rotatable bonds is 5. The molecule has 0 aliphatic heterocycles. The summed E-state index contributed by atoms with van der Waals surface area (Å²) in [6.45, 7) is 2.56. The van der Waals surface area contributed by atoms with Crippen molar-refractivity contribution in [1.29, 1.82) is 0 Å². The van der Waals surface area contributed by atoms with Gasteiger partial charge in [0.2, 0.25) is 0 Å². The second-order valence-corrected chi connectivity index (χ2v) is 6.96. The predicted molar refractivity (Wildman–Crippen MR) is 91.0 cm³/mol. The number of pyridine rings is 1. The normalized spacial score (nSPS) is 20.8. The van der Waals surface area contributed by atoms with Crippen LogP contribution in [0.15, 0.2) is 22.9 Å². The highest BCUT2D eigenvalue weighted by atomic mass is 79.9. The molecule has 0 saturated heterocycles. The van der Waals surface area contributed by atoms with Crippen molar-refractivity contribution in [3.05, 3.63) is 28.5 Å². The van der Waals surface area contributed by atoms with Gasteiger partial charge in [0.25, 0.3) is 5.91 Å². The fraction of sp³-hybridized carbons (Fsp3) is 0.588. The number of halogens is 1. The molecule has 2 unspecified atom stereocenters. The zero-order valence-electron chi connectivity index (χ0n) is 13.6. The maximum Gasteiger partial charge on any atom is 0.307 e. The second-order valence-electron chi connectivity index (χ2n) is 6.05. The first-order chi connectivity index (χ1) is 11.0. The number of amides is 1. The van der Waals surface area contributed by atoms with Crippen LogP contribution < -0.4 is 0 Å². The number of hydrogen-bond acceptors (Lipinski definition) is 4. The van der Waals surface area contributed by atoms with E-state index in [1.54, 1.807) is 18.5 Å². The molecule has 2 atom stereocenters. The van der Waals surface area contributed by atoms with Crippen molar-refractivity contribution in [3.8, 4) is 0 Å². The third-order valence-corrected chi connectivity index (χ3v) is 4.90. The molecule has 1 aliphatic carbocycles. The Morgan fingerprint density at radius 1 is 1.35 bits per heavy atom. The van der Waals surface area contributed by atoms with E-state index in [2.05, 4.69) is 27.8 Å². The van der Waals surface area contributed by atoms with Gasteiger partial charge in [0.1, 0.15) is 0 Å². The van der Waals surface area contributed by atoms with E-state index in [0.717, 1.165) is 23.7 Å². The van der Waals surface area contributed by atoms with Crippen molar-refractivity contribution in [2.45, 2.75) is 45.1 Å². The van der Waals surface area contributed by atoms with Crippen molar-refractivity contribution in [1.82, 2.24) is 9.88 Å². The Morgan fingerprint density at radius 2 is 2.09 bits per heavy atom. The molecule has 1 aliphatic rings. The monoisotopic (exact) mass is 382 g/mol. The minimum absolute atomic E-state index is 0.0681. The third-order valence-electron chi connectivity index (χ3n) is 4.46. The van der Waals surface area contributed by atoms with Gasteiger partial charge in [0.15, 0.2) is 0 Å². The Labute approximate surface area is 145 Å². The van der Waals surface area contributed by atoms with E-state index in [1.165, 1.54) is 13.5 Å². The third kappa shape index (κ3) is 4.77. The molecule has 1 aromatic heterocycles. The lowest BCUT2D eigenvalue weighted by Gasteiger charge is -2.38. The molecule has 126 valence electrons. The van der Waals surface area contributed by atoms with Crippen LogP contribution in [0, 0.1) is 5.92 Å². The van der Waals surface area contributed by atoms with Crippen LogP contribution in [0.3, 0.4) is 0 Å². The SMILES string of the molecule is COC(=O)CCN(C(=O)c1cncc(Br)c1)C1CCCCC1C. The molecule has 5 nitrogen and oxygen atoms in total. The fourth-order valence-corrected chi connectivity index (χ4v) is 3.55. The smallest absolute Gasteiger partial charge is 0.307 e. The lowest BCUT2D eigenvalue weighted by Crippen LogP contribution is -2.46. The molecule has 1 fully saturated rings. The van der Waals surface area contributed by atoms with Gasteiger partial charge in [-0.05, 0) is 40.8 Å². The Kier molecular flexibility index (Phi) is 6.57. The van der Waals surface area contributed by atoms with Gasteiger partial charge in [-0.2, -0.15) is 0 Å². The quantitative estimate of drug-likeness (QED) is 0.731. The minimum atomic E-state index is -0.293. The number of hydrogen-bond donors (Lipinski definition) is 0. The Bertz CT molecular complexity index is 565. The van der Waals surface area contributed by atoms with Crippen molar-refractivity contribution < 1.29 is 14.3 Å². The van der Waals surface area contributed by atoms with Gasteiger partial charge in [-0.1, -0.05) is 19.8 Å². The number of esters is 1. The highest BCUT2D eigenvalue weighted by molar-refractivity contribution is 9.10. The van der Waals surface area contributed by atoms with E-state index >= 15 is 0 Å². The first-order valence-electron chi connectivity index (χ1n) is 8.01. The standard InChI is InChI=1S/C17H23BrN2O3/c1-12-5-3-4-6-15(12)20(8-7-16(21)23-2)17(22)13-9-14(18)11-19-10-13/h9-12,15H,3-8H2,1-2H3. The van der Waals surface area contributed by atoms with Crippen LogP contribution in [0.4, 0.5) is 0 Å². The number of carbonyl (C=O) groups is 2. The lowest BCUT2D eigenvalue weighted by molar-refractivity contribution is -0.141. The molecule has 0 spiro atoms. The molecular weight excluding hydrogens is 360 g/mol. The first kappa shape index (κ1) is 17.9. The van der Waals surface area contributed by atoms with Crippen LogP contribution in [0.2, 0.25) is 0 Å². The summed E-state index contributed by atoms with van der Waals surface area (Å²) in [6.07, 6.45) is 7.86. The van der Waals surface area contributed by atoms with Crippen LogP contribution in [-0.2, 0) is 9.53 Å². The summed E-state index contributed by atoms with van der Waals surface area (Å²) in [7, 11) is 1.37. The number of aromatic nitrogens is 1. The molecule has 0 radical (unpaired) electrons. The first-order valence-corrected chi connectivity index (χ1v) is 8.80. The zero-order valence-corrected chi connectivity index (χ0v) is 15.2. The number of nitrogens with zero attached hydrogens (tertiary/aromatic N) is 2. The molecule has 1 aromatic rings. The molecule has 0 aromatic carbocycles. The Hall–Kier alpha value is -1.43. The summed E-state index contributed by atoms with van der Waals surface area (Å²) < 4.78 is 5.49. The summed E-state index contributed by atoms with van der Waals surface area (Å²) in [4.78, 5) is 30.4. The largest absolute Gasteiger partial charge is 0.469 e. The van der Waals surface area contributed by atoms with E-state index in [-0.39, 0.29) is 24.3 Å². The van der Waals surface area contributed by atoms with Gasteiger partial charge in [-0.25, -0.2) is 0 Å².